The van der Waals surface area contributed by atoms with E-state index in [2.05, 4.69) is 0 Å². The number of para-hydroxylation sites is 1. The van der Waals surface area contributed by atoms with Gasteiger partial charge in [-0.1, -0.05) is 43.3 Å². The number of ether oxygens (including phenoxy) is 1. The van der Waals surface area contributed by atoms with Gasteiger partial charge in [0.2, 0.25) is 10.0 Å². The van der Waals surface area contributed by atoms with Gasteiger partial charge in [-0.05, 0) is 105 Å². The molecule has 1 aliphatic rings. The molecule has 2 atom stereocenters. The minimum absolute atomic E-state index is 0.119. The summed E-state index contributed by atoms with van der Waals surface area (Å²) in [5, 5.41) is 9.88. The van der Waals surface area contributed by atoms with E-state index >= 15 is 0 Å². The Labute approximate surface area is 249 Å². The van der Waals surface area contributed by atoms with Crippen LogP contribution in [0.5, 0.6) is 5.75 Å². The number of aryl methyl sites for hydroxylation is 3. The summed E-state index contributed by atoms with van der Waals surface area (Å²) >= 11 is 0. The van der Waals surface area contributed by atoms with E-state index in [1.165, 1.54) is 10.4 Å². The van der Waals surface area contributed by atoms with Crippen LogP contribution in [-0.4, -0.2) is 62.0 Å². The predicted molar refractivity (Wildman–Crippen MR) is 162 cm³/mol. The van der Waals surface area contributed by atoms with Gasteiger partial charge in [0, 0.05) is 12.5 Å². The maximum absolute atomic E-state index is 14.9. The fourth-order valence-electron chi connectivity index (χ4n) is 5.54. The van der Waals surface area contributed by atoms with Gasteiger partial charge in [0.1, 0.15) is 22.6 Å². The average molecular weight is 597 g/mol. The van der Waals surface area contributed by atoms with Gasteiger partial charge in [-0.25, -0.2) is 12.8 Å². The topological polar surface area (TPSA) is 87.2 Å². The molecule has 0 saturated heterocycles. The first kappa shape index (κ1) is 31.7. The Hall–Kier alpha value is -3.27. The van der Waals surface area contributed by atoms with Crippen LogP contribution in [-0.2, 0) is 27.8 Å². The van der Waals surface area contributed by atoms with Crippen molar-refractivity contribution in [2.24, 2.45) is 0 Å². The second-order valence-corrected chi connectivity index (χ2v) is 13.3. The van der Waals surface area contributed by atoms with Crippen LogP contribution in [0.25, 0.3) is 0 Å². The number of carboxylic acid groups (broad SMARTS) is 1. The van der Waals surface area contributed by atoms with Crippen LogP contribution in [0.2, 0.25) is 0 Å². The van der Waals surface area contributed by atoms with Crippen molar-refractivity contribution in [3.05, 3.63) is 93.8 Å². The molecule has 1 N–H and O–H groups in total. The molecule has 3 aromatic rings. The average Bonchev–Trinajstić information content (AvgIpc) is 3.03. The second kappa shape index (κ2) is 13.4. The summed E-state index contributed by atoms with van der Waals surface area (Å²) in [7, 11) is 0.0995. The highest BCUT2D eigenvalue weighted by molar-refractivity contribution is 7.89. The van der Waals surface area contributed by atoms with E-state index in [1.807, 2.05) is 57.1 Å². The molecule has 0 radical (unpaired) electrons. The molecule has 2 unspecified atom stereocenters. The van der Waals surface area contributed by atoms with E-state index in [-0.39, 0.29) is 36.3 Å². The molecule has 226 valence electrons. The van der Waals surface area contributed by atoms with Crippen LogP contribution in [0.15, 0.2) is 59.5 Å². The van der Waals surface area contributed by atoms with Crippen molar-refractivity contribution in [2.75, 3.05) is 27.2 Å². The number of nitrogens with zero attached hydrogens (tertiary/aromatic N) is 2. The molecule has 0 fully saturated rings. The number of carbonyl (C=O) groups is 1. The van der Waals surface area contributed by atoms with Gasteiger partial charge in [-0.2, -0.15) is 4.31 Å². The zero-order valence-electron chi connectivity index (χ0n) is 25.1. The lowest BCUT2D eigenvalue weighted by Gasteiger charge is -2.25. The van der Waals surface area contributed by atoms with Crippen LogP contribution in [0, 0.1) is 19.7 Å². The largest absolute Gasteiger partial charge is 0.488 e. The van der Waals surface area contributed by atoms with Gasteiger partial charge in [-0.15, -0.1) is 0 Å². The number of carboxylic acids is 1. The highest BCUT2D eigenvalue weighted by atomic mass is 32.2. The molecule has 0 amide bonds. The highest BCUT2D eigenvalue weighted by Crippen LogP contribution is 2.36. The van der Waals surface area contributed by atoms with E-state index in [4.69, 9.17) is 4.74 Å². The Bertz CT molecular complexity index is 1540. The third-order valence-corrected chi connectivity index (χ3v) is 9.84. The molecule has 1 heterocycles. The molecule has 3 aromatic carbocycles. The van der Waals surface area contributed by atoms with E-state index in [0.717, 1.165) is 35.2 Å². The molecule has 0 saturated carbocycles. The SMILES string of the molecule is CCC1CN(Cc2cc(C(CC(=O)O)c3cc(CCCN(C)C)c(F)cc3C)ccc2C)S(=O)(=O)c2ccccc2O1. The number of hydrogen-bond donors (Lipinski definition) is 1. The fraction of sp³-hybridized carbons (Fsp3) is 0.424. The Morgan fingerprint density at radius 1 is 1.10 bits per heavy atom. The summed E-state index contributed by atoms with van der Waals surface area (Å²) in [6, 6.07) is 15.7. The number of fused-ring (bicyclic) bond motifs is 1. The molecule has 1 aliphatic heterocycles. The van der Waals surface area contributed by atoms with Crippen molar-refractivity contribution in [1.29, 1.82) is 0 Å². The molecule has 0 spiro atoms. The Kier molecular flexibility index (Phi) is 10.1. The normalized spacial score (nSPS) is 17.4. The maximum Gasteiger partial charge on any atom is 0.304 e. The molecule has 0 aromatic heterocycles. The zero-order chi connectivity index (χ0) is 30.6. The van der Waals surface area contributed by atoms with Crippen molar-refractivity contribution in [3.8, 4) is 5.75 Å². The van der Waals surface area contributed by atoms with Gasteiger partial charge in [-0.3, -0.25) is 4.79 Å². The molecular weight excluding hydrogens is 555 g/mol. The minimum atomic E-state index is -3.84. The quantitative estimate of drug-likeness (QED) is 0.296. The summed E-state index contributed by atoms with van der Waals surface area (Å²) in [4.78, 5) is 14.3. The third kappa shape index (κ3) is 7.19. The van der Waals surface area contributed by atoms with Crippen LogP contribution in [0.4, 0.5) is 4.39 Å². The first-order chi connectivity index (χ1) is 19.9. The zero-order valence-corrected chi connectivity index (χ0v) is 25.9. The summed E-state index contributed by atoms with van der Waals surface area (Å²) in [6.07, 6.45) is 1.49. The van der Waals surface area contributed by atoms with Gasteiger partial charge in [0.05, 0.1) is 13.0 Å². The Morgan fingerprint density at radius 2 is 1.83 bits per heavy atom. The number of halogens is 1. The molecule has 0 bridgehead atoms. The molecule has 0 aliphatic carbocycles. The lowest BCUT2D eigenvalue weighted by molar-refractivity contribution is -0.137. The monoisotopic (exact) mass is 596 g/mol. The Morgan fingerprint density at radius 3 is 2.52 bits per heavy atom. The van der Waals surface area contributed by atoms with E-state index in [1.54, 1.807) is 31.2 Å². The van der Waals surface area contributed by atoms with Gasteiger partial charge in [0.25, 0.3) is 0 Å². The smallest absolute Gasteiger partial charge is 0.304 e. The van der Waals surface area contributed by atoms with Crippen molar-refractivity contribution in [2.45, 2.75) is 69.9 Å². The van der Waals surface area contributed by atoms with Gasteiger partial charge < -0.3 is 14.7 Å². The molecule has 7 nitrogen and oxygen atoms in total. The van der Waals surface area contributed by atoms with Crippen molar-refractivity contribution in [3.63, 3.8) is 0 Å². The summed E-state index contributed by atoms with van der Waals surface area (Å²) in [5.41, 5.74) is 4.46. The van der Waals surface area contributed by atoms with E-state index < -0.39 is 21.9 Å². The van der Waals surface area contributed by atoms with Crippen LogP contribution in [0.3, 0.4) is 0 Å². The standard InChI is InChI=1S/C33H41FN2O5S/c1-6-27-21-36(42(39,40)32-12-8-7-11-31(32)41-27)20-26-17-24(14-13-22(26)2)29(19-33(37)38)28-18-25(10-9-15-35(4)5)30(34)16-23(28)3/h7-8,11-14,16-18,27,29H,6,9-10,15,19-21H2,1-5H3,(H,37,38). The first-order valence-electron chi connectivity index (χ1n) is 14.4. The minimum Gasteiger partial charge on any atom is -0.488 e. The van der Waals surface area contributed by atoms with Crippen LogP contribution in [0.1, 0.15) is 65.5 Å². The van der Waals surface area contributed by atoms with Gasteiger partial charge in [0.15, 0.2) is 0 Å². The number of benzene rings is 3. The second-order valence-electron chi connectivity index (χ2n) is 11.4. The summed E-state index contributed by atoms with van der Waals surface area (Å²) in [5.74, 6) is -1.42. The predicted octanol–water partition coefficient (Wildman–Crippen LogP) is 5.91. The lowest BCUT2D eigenvalue weighted by atomic mass is 9.83. The molecule has 9 heteroatoms. The molecule has 42 heavy (non-hydrogen) atoms. The summed E-state index contributed by atoms with van der Waals surface area (Å²) < 4.78 is 50.0. The van der Waals surface area contributed by atoms with Crippen molar-refractivity contribution >= 4 is 16.0 Å². The van der Waals surface area contributed by atoms with Crippen LogP contribution >= 0.6 is 0 Å². The molecule has 4 rings (SSSR count). The molecular formula is C33H41FN2O5S. The first-order valence-corrected chi connectivity index (χ1v) is 15.8. The number of sulfonamides is 1. The highest BCUT2D eigenvalue weighted by Gasteiger charge is 2.34. The van der Waals surface area contributed by atoms with Crippen molar-refractivity contribution in [1.82, 2.24) is 9.21 Å². The van der Waals surface area contributed by atoms with Crippen LogP contribution < -0.4 is 4.74 Å². The van der Waals surface area contributed by atoms with E-state index in [0.29, 0.717) is 29.7 Å². The fourth-order valence-corrected chi connectivity index (χ4v) is 7.11. The number of hydrogen-bond acceptors (Lipinski definition) is 5. The van der Waals surface area contributed by atoms with Gasteiger partial charge >= 0.3 is 5.97 Å². The van der Waals surface area contributed by atoms with Crippen molar-refractivity contribution < 1.29 is 27.4 Å². The summed E-state index contributed by atoms with van der Waals surface area (Å²) in [6.45, 7) is 6.82. The maximum atomic E-state index is 14.9. The third-order valence-electron chi connectivity index (χ3n) is 7.99. The van der Waals surface area contributed by atoms with E-state index in [9.17, 15) is 22.7 Å². The number of rotatable bonds is 11. The number of aliphatic carboxylic acids is 1. The Balaban J connectivity index is 1.73. The lowest BCUT2D eigenvalue weighted by Crippen LogP contribution is -2.36.